The summed E-state index contributed by atoms with van der Waals surface area (Å²) in [5, 5.41) is 0.556. The molecule has 0 saturated carbocycles. The number of nitrogens with zero attached hydrogens (tertiary/aromatic N) is 2. The van der Waals surface area contributed by atoms with Gasteiger partial charge in [-0.1, -0.05) is 29.8 Å². The topological polar surface area (TPSA) is 86.8 Å². The van der Waals surface area contributed by atoms with Crippen LogP contribution >= 0.6 is 11.6 Å². The third kappa shape index (κ3) is 6.52. The molecule has 41 heavy (non-hydrogen) atoms. The van der Waals surface area contributed by atoms with E-state index in [1.54, 1.807) is 54.4 Å². The molecule has 1 aliphatic heterocycles. The molecule has 1 saturated heterocycles. The number of ether oxygens (including phenoxy) is 5. The van der Waals surface area contributed by atoms with Crippen LogP contribution in [-0.4, -0.2) is 83.3 Å². The molecule has 0 unspecified atom stereocenters. The number of piperazine rings is 1. The van der Waals surface area contributed by atoms with Gasteiger partial charge in [-0.05, 0) is 53.1 Å². The van der Waals surface area contributed by atoms with E-state index in [4.69, 9.17) is 35.3 Å². The second-order valence-electron chi connectivity index (χ2n) is 9.17. The van der Waals surface area contributed by atoms with Gasteiger partial charge in [0.05, 0.1) is 35.5 Å². The molecule has 0 bridgehead atoms. The monoisotopic (exact) mass is 580 g/mol. The molecule has 0 spiro atoms. The van der Waals surface area contributed by atoms with Crippen molar-refractivity contribution in [1.29, 1.82) is 0 Å². The first-order valence-electron chi connectivity index (χ1n) is 12.9. The number of halogens is 1. The van der Waals surface area contributed by atoms with Crippen molar-refractivity contribution in [1.82, 2.24) is 9.80 Å². The Labute approximate surface area is 244 Å². The number of methoxy groups -OCH3 is 5. The quantitative estimate of drug-likeness (QED) is 0.336. The van der Waals surface area contributed by atoms with Gasteiger partial charge in [0.15, 0.2) is 23.0 Å². The third-order valence-electron chi connectivity index (χ3n) is 6.89. The molecule has 4 rings (SSSR count). The summed E-state index contributed by atoms with van der Waals surface area (Å²) in [5.74, 6) is 1.99. The average Bonchev–Trinajstić information content (AvgIpc) is 3.02. The number of hydrogen-bond acceptors (Lipinski definition) is 7. The van der Waals surface area contributed by atoms with Crippen LogP contribution in [0.15, 0.2) is 60.7 Å². The van der Waals surface area contributed by atoms with Crippen molar-refractivity contribution >= 4 is 29.0 Å². The smallest absolute Gasteiger partial charge is 0.254 e. The molecular formula is C31H33ClN2O7. The third-order valence-corrected chi connectivity index (χ3v) is 7.12. The SMILES string of the molecule is COc1ccc(C(=CC(=O)N2CCN(C(=O)c3cc(OC)c(OC)c(OC)c3)CC2)c2cccc(Cl)c2)cc1OC. The highest BCUT2D eigenvalue weighted by molar-refractivity contribution is 6.30. The molecule has 0 aromatic heterocycles. The fourth-order valence-electron chi connectivity index (χ4n) is 4.72. The van der Waals surface area contributed by atoms with Gasteiger partial charge >= 0.3 is 0 Å². The van der Waals surface area contributed by atoms with Crippen molar-refractivity contribution in [2.24, 2.45) is 0 Å². The summed E-state index contributed by atoms with van der Waals surface area (Å²) >= 11 is 6.29. The summed E-state index contributed by atoms with van der Waals surface area (Å²) in [5.41, 5.74) is 2.66. The van der Waals surface area contributed by atoms with Crippen LogP contribution in [0.25, 0.3) is 5.57 Å². The first kappa shape index (κ1) is 29.6. The van der Waals surface area contributed by atoms with Crippen LogP contribution in [0.3, 0.4) is 0 Å². The number of benzene rings is 3. The molecular weight excluding hydrogens is 548 g/mol. The summed E-state index contributed by atoms with van der Waals surface area (Å²) < 4.78 is 27.0. The average molecular weight is 581 g/mol. The van der Waals surface area contributed by atoms with E-state index < -0.39 is 0 Å². The lowest BCUT2D eigenvalue weighted by atomic mass is 9.96. The molecule has 216 valence electrons. The van der Waals surface area contributed by atoms with Gasteiger partial charge in [0, 0.05) is 42.8 Å². The minimum Gasteiger partial charge on any atom is -0.493 e. The molecule has 0 aliphatic carbocycles. The molecule has 0 atom stereocenters. The Morgan fingerprint density at radius 1 is 0.659 bits per heavy atom. The summed E-state index contributed by atoms with van der Waals surface area (Å²) in [4.78, 5) is 30.3. The van der Waals surface area contributed by atoms with Gasteiger partial charge in [0.2, 0.25) is 11.7 Å². The van der Waals surface area contributed by atoms with Crippen molar-refractivity contribution in [3.63, 3.8) is 0 Å². The van der Waals surface area contributed by atoms with Crippen LogP contribution in [0.4, 0.5) is 0 Å². The Morgan fingerprint density at radius 2 is 1.22 bits per heavy atom. The largest absolute Gasteiger partial charge is 0.493 e. The highest BCUT2D eigenvalue weighted by Gasteiger charge is 2.26. The molecule has 3 aromatic carbocycles. The molecule has 1 heterocycles. The van der Waals surface area contributed by atoms with Gasteiger partial charge in [-0.25, -0.2) is 0 Å². The van der Waals surface area contributed by atoms with E-state index in [0.29, 0.717) is 71.1 Å². The van der Waals surface area contributed by atoms with Crippen LogP contribution in [0.1, 0.15) is 21.5 Å². The van der Waals surface area contributed by atoms with Crippen LogP contribution in [0.5, 0.6) is 28.7 Å². The van der Waals surface area contributed by atoms with Gasteiger partial charge in [-0.2, -0.15) is 0 Å². The molecule has 2 amide bonds. The first-order chi connectivity index (χ1) is 19.8. The summed E-state index contributed by atoms with van der Waals surface area (Å²) in [6.07, 6.45) is 1.60. The van der Waals surface area contributed by atoms with Crippen LogP contribution in [-0.2, 0) is 4.79 Å². The lowest BCUT2D eigenvalue weighted by molar-refractivity contribution is -0.127. The maximum Gasteiger partial charge on any atom is 0.254 e. The predicted octanol–water partition coefficient (Wildman–Crippen LogP) is 4.80. The van der Waals surface area contributed by atoms with Crippen molar-refractivity contribution in [3.05, 3.63) is 82.4 Å². The van der Waals surface area contributed by atoms with E-state index >= 15 is 0 Å². The van der Waals surface area contributed by atoms with Crippen molar-refractivity contribution in [2.75, 3.05) is 61.7 Å². The van der Waals surface area contributed by atoms with E-state index in [0.717, 1.165) is 11.1 Å². The van der Waals surface area contributed by atoms with E-state index in [2.05, 4.69) is 0 Å². The fourth-order valence-corrected chi connectivity index (χ4v) is 4.92. The highest BCUT2D eigenvalue weighted by atomic mass is 35.5. The van der Waals surface area contributed by atoms with Crippen molar-refractivity contribution in [3.8, 4) is 28.7 Å². The van der Waals surface area contributed by atoms with Gasteiger partial charge < -0.3 is 33.5 Å². The Balaban J connectivity index is 1.55. The highest BCUT2D eigenvalue weighted by Crippen LogP contribution is 2.38. The minimum atomic E-state index is -0.183. The lowest BCUT2D eigenvalue weighted by Gasteiger charge is -2.34. The van der Waals surface area contributed by atoms with Crippen molar-refractivity contribution < 1.29 is 33.3 Å². The number of hydrogen-bond donors (Lipinski definition) is 0. The van der Waals surface area contributed by atoms with E-state index in [-0.39, 0.29) is 11.8 Å². The van der Waals surface area contributed by atoms with E-state index in [9.17, 15) is 9.59 Å². The standard InChI is InChI=1S/C31H33ClN2O7/c1-37-25-10-9-21(16-26(25)38-2)24(20-7-6-8-23(32)15-20)19-29(35)33-11-13-34(14-12-33)31(36)22-17-27(39-3)30(41-5)28(18-22)40-4/h6-10,15-19H,11-14H2,1-5H3. The molecule has 0 N–H and O–H groups in total. The Morgan fingerprint density at radius 3 is 1.78 bits per heavy atom. The van der Waals surface area contributed by atoms with Crippen molar-refractivity contribution in [2.45, 2.75) is 0 Å². The summed E-state index contributed by atoms with van der Waals surface area (Å²) in [6, 6.07) is 16.1. The molecule has 9 nitrogen and oxygen atoms in total. The number of carbonyl (C=O) groups excluding carboxylic acids is 2. The molecule has 3 aromatic rings. The Bertz CT molecular complexity index is 1420. The number of amides is 2. The molecule has 1 aliphatic rings. The second-order valence-corrected chi connectivity index (χ2v) is 9.61. The second kappa shape index (κ2) is 13.3. The molecule has 10 heteroatoms. The number of rotatable bonds is 9. The zero-order chi connectivity index (χ0) is 29.5. The zero-order valence-corrected chi connectivity index (χ0v) is 24.5. The fraction of sp³-hybridized carbons (Fsp3) is 0.290. The van der Waals surface area contributed by atoms with Crippen LogP contribution < -0.4 is 23.7 Å². The Hall–Kier alpha value is -4.37. The van der Waals surface area contributed by atoms with E-state index in [1.165, 1.54) is 21.3 Å². The molecule has 1 fully saturated rings. The first-order valence-corrected chi connectivity index (χ1v) is 13.3. The maximum atomic E-state index is 13.5. The molecule has 0 radical (unpaired) electrons. The van der Waals surface area contributed by atoms with Gasteiger partial charge in [-0.15, -0.1) is 0 Å². The van der Waals surface area contributed by atoms with Gasteiger partial charge in [0.1, 0.15) is 0 Å². The van der Waals surface area contributed by atoms with Crippen LogP contribution in [0, 0.1) is 0 Å². The van der Waals surface area contributed by atoms with E-state index in [1.807, 2.05) is 30.3 Å². The predicted molar refractivity (Wildman–Crippen MR) is 157 cm³/mol. The minimum absolute atomic E-state index is 0.172. The summed E-state index contributed by atoms with van der Waals surface area (Å²) in [7, 11) is 7.65. The van der Waals surface area contributed by atoms with Crippen LogP contribution in [0.2, 0.25) is 5.02 Å². The van der Waals surface area contributed by atoms with Gasteiger partial charge in [-0.3, -0.25) is 9.59 Å². The number of carbonyl (C=O) groups is 2. The summed E-state index contributed by atoms with van der Waals surface area (Å²) in [6.45, 7) is 1.50. The Kier molecular flexibility index (Phi) is 9.62. The van der Waals surface area contributed by atoms with Gasteiger partial charge in [0.25, 0.3) is 5.91 Å². The normalized spacial score (nSPS) is 13.5. The zero-order valence-electron chi connectivity index (χ0n) is 23.7. The maximum absolute atomic E-state index is 13.5. The lowest BCUT2D eigenvalue weighted by Crippen LogP contribution is -2.50.